The van der Waals surface area contributed by atoms with Crippen LogP contribution in [0.25, 0.3) is 0 Å². The zero-order chi connectivity index (χ0) is 20.7. The number of hydrogen-bond acceptors (Lipinski definition) is 4. The third-order valence-electron chi connectivity index (χ3n) is 4.10. The summed E-state index contributed by atoms with van der Waals surface area (Å²) in [6, 6.07) is 8.47. The van der Waals surface area contributed by atoms with Gasteiger partial charge in [-0.2, -0.15) is 0 Å². The molecule has 0 aliphatic rings. The number of benzene rings is 2. The van der Waals surface area contributed by atoms with Crippen LogP contribution in [0, 0.1) is 11.6 Å². The third kappa shape index (κ3) is 5.67. The van der Waals surface area contributed by atoms with Crippen molar-refractivity contribution in [3.63, 3.8) is 0 Å². The Morgan fingerprint density at radius 3 is 2.32 bits per heavy atom. The number of hydrogen-bond donors (Lipinski definition) is 1. The molecule has 2 aromatic carbocycles. The Hall–Kier alpha value is -3.16. The van der Waals surface area contributed by atoms with Gasteiger partial charge in [0.05, 0.1) is 20.8 Å². The van der Waals surface area contributed by atoms with Gasteiger partial charge < -0.3 is 19.7 Å². The number of amides is 2. The lowest BCUT2D eigenvalue weighted by Gasteiger charge is -2.21. The molecule has 8 heteroatoms. The second-order valence-corrected chi connectivity index (χ2v) is 6.06. The highest BCUT2D eigenvalue weighted by atomic mass is 19.2. The maximum atomic E-state index is 13.2. The zero-order valence-electron chi connectivity index (χ0n) is 15.9. The minimum Gasteiger partial charge on any atom is -0.493 e. The quantitative estimate of drug-likeness (QED) is 0.750. The molecule has 150 valence electrons. The van der Waals surface area contributed by atoms with Crippen molar-refractivity contribution < 1.29 is 27.8 Å². The van der Waals surface area contributed by atoms with Crippen LogP contribution in [-0.4, -0.2) is 44.0 Å². The lowest BCUT2D eigenvalue weighted by atomic mass is 10.1. The van der Waals surface area contributed by atoms with Crippen LogP contribution >= 0.6 is 0 Å². The van der Waals surface area contributed by atoms with E-state index in [1.807, 2.05) is 6.07 Å². The normalized spacial score (nSPS) is 10.3. The van der Waals surface area contributed by atoms with Crippen molar-refractivity contribution in [1.29, 1.82) is 0 Å². The van der Waals surface area contributed by atoms with E-state index in [1.54, 1.807) is 19.2 Å². The van der Waals surface area contributed by atoms with Crippen LogP contribution < -0.4 is 14.8 Å². The highest BCUT2D eigenvalue weighted by Gasteiger charge is 2.15. The largest absolute Gasteiger partial charge is 0.493 e. The molecular formula is C20H22F2N2O4. The Labute approximate surface area is 162 Å². The van der Waals surface area contributed by atoms with E-state index in [9.17, 15) is 18.4 Å². The van der Waals surface area contributed by atoms with Crippen LogP contribution in [0.15, 0.2) is 36.4 Å². The topological polar surface area (TPSA) is 67.9 Å². The van der Waals surface area contributed by atoms with Gasteiger partial charge in [-0.05, 0) is 36.2 Å². The van der Waals surface area contributed by atoms with Gasteiger partial charge in [0.15, 0.2) is 23.1 Å². The summed E-state index contributed by atoms with van der Waals surface area (Å²) in [5.41, 5.74) is 1.03. The number of carbonyl (C=O) groups is 2. The van der Waals surface area contributed by atoms with Crippen LogP contribution in [0.3, 0.4) is 0 Å². The number of nitrogens with one attached hydrogen (secondary N) is 1. The van der Waals surface area contributed by atoms with Crippen molar-refractivity contribution in [2.75, 3.05) is 32.6 Å². The van der Waals surface area contributed by atoms with Gasteiger partial charge in [-0.25, -0.2) is 8.78 Å². The van der Waals surface area contributed by atoms with E-state index < -0.39 is 17.5 Å². The van der Waals surface area contributed by atoms with Gasteiger partial charge in [0.1, 0.15) is 0 Å². The Morgan fingerprint density at radius 1 is 1.00 bits per heavy atom. The SMILES string of the molecule is COc1ccc(CCN(CC(=O)Nc2ccc(F)c(F)c2)C(C)=O)cc1OC. The number of methoxy groups -OCH3 is 2. The maximum absolute atomic E-state index is 13.2. The van der Waals surface area contributed by atoms with Gasteiger partial charge in [0, 0.05) is 25.2 Å². The molecule has 0 atom stereocenters. The van der Waals surface area contributed by atoms with Gasteiger partial charge in [-0.3, -0.25) is 9.59 Å². The fourth-order valence-corrected chi connectivity index (χ4v) is 2.60. The first-order valence-electron chi connectivity index (χ1n) is 8.55. The number of halogens is 2. The lowest BCUT2D eigenvalue weighted by molar-refractivity contribution is -0.132. The third-order valence-corrected chi connectivity index (χ3v) is 4.10. The van der Waals surface area contributed by atoms with Crippen LogP contribution in [0.5, 0.6) is 11.5 Å². The Bertz CT molecular complexity index is 858. The second-order valence-electron chi connectivity index (χ2n) is 6.06. The first kappa shape index (κ1) is 21.1. The summed E-state index contributed by atoms with van der Waals surface area (Å²) in [5.74, 6) is -1.67. The molecule has 0 aliphatic carbocycles. The van der Waals surface area contributed by atoms with E-state index in [4.69, 9.17) is 9.47 Å². The molecule has 28 heavy (non-hydrogen) atoms. The van der Waals surface area contributed by atoms with E-state index >= 15 is 0 Å². The average molecular weight is 392 g/mol. The molecule has 0 spiro atoms. The summed E-state index contributed by atoms with van der Waals surface area (Å²) in [7, 11) is 3.08. The first-order valence-corrected chi connectivity index (χ1v) is 8.55. The molecule has 0 aliphatic heterocycles. The maximum Gasteiger partial charge on any atom is 0.243 e. The molecule has 0 fully saturated rings. The molecule has 2 aromatic rings. The molecule has 6 nitrogen and oxygen atoms in total. The van der Waals surface area contributed by atoms with Gasteiger partial charge >= 0.3 is 0 Å². The van der Waals surface area contributed by atoms with Crippen molar-refractivity contribution in [1.82, 2.24) is 4.90 Å². The van der Waals surface area contributed by atoms with Gasteiger partial charge in [-0.15, -0.1) is 0 Å². The monoisotopic (exact) mass is 392 g/mol. The molecule has 0 unspecified atom stereocenters. The van der Waals surface area contributed by atoms with Crippen molar-refractivity contribution in [2.45, 2.75) is 13.3 Å². The molecule has 0 aromatic heterocycles. The van der Waals surface area contributed by atoms with E-state index in [0.29, 0.717) is 24.5 Å². The van der Waals surface area contributed by atoms with Crippen LogP contribution in [0.4, 0.5) is 14.5 Å². The highest BCUT2D eigenvalue weighted by Crippen LogP contribution is 2.27. The second kappa shape index (κ2) is 9.68. The predicted octanol–water partition coefficient (Wildman–Crippen LogP) is 3.01. The molecule has 0 saturated heterocycles. The van der Waals surface area contributed by atoms with Crippen molar-refractivity contribution in [2.24, 2.45) is 0 Å². The fraction of sp³-hybridized carbons (Fsp3) is 0.300. The average Bonchev–Trinajstić information content (AvgIpc) is 2.67. The number of carbonyl (C=O) groups excluding carboxylic acids is 2. The summed E-state index contributed by atoms with van der Waals surface area (Å²) in [5, 5.41) is 2.45. The van der Waals surface area contributed by atoms with Crippen molar-refractivity contribution in [3.05, 3.63) is 53.6 Å². The first-order chi connectivity index (χ1) is 13.3. The molecular weight excluding hydrogens is 370 g/mol. The molecule has 0 saturated carbocycles. The summed E-state index contributed by atoms with van der Waals surface area (Å²) >= 11 is 0. The molecule has 0 bridgehead atoms. The number of anilines is 1. The number of nitrogens with zero attached hydrogens (tertiary/aromatic N) is 1. The molecule has 0 heterocycles. The zero-order valence-corrected chi connectivity index (χ0v) is 15.9. The molecule has 1 N–H and O–H groups in total. The summed E-state index contributed by atoms with van der Waals surface area (Å²) in [6.07, 6.45) is 0.498. The van der Waals surface area contributed by atoms with E-state index in [2.05, 4.69) is 5.32 Å². The summed E-state index contributed by atoms with van der Waals surface area (Å²) in [6.45, 7) is 1.46. The van der Waals surface area contributed by atoms with Crippen molar-refractivity contribution in [3.8, 4) is 11.5 Å². The van der Waals surface area contributed by atoms with Crippen molar-refractivity contribution >= 4 is 17.5 Å². The minimum atomic E-state index is -1.06. The molecule has 2 amide bonds. The Balaban J connectivity index is 1.98. The van der Waals surface area contributed by atoms with Crippen LogP contribution in [0.1, 0.15) is 12.5 Å². The van der Waals surface area contributed by atoms with E-state index in [0.717, 1.165) is 17.7 Å². The number of rotatable bonds is 8. The molecule has 0 radical (unpaired) electrons. The smallest absolute Gasteiger partial charge is 0.243 e. The fourth-order valence-electron chi connectivity index (χ4n) is 2.60. The van der Waals surface area contributed by atoms with Gasteiger partial charge in [-0.1, -0.05) is 6.07 Å². The summed E-state index contributed by atoms with van der Waals surface area (Å²) in [4.78, 5) is 25.4. The summed E-state index contributed by atoms with van der Waals surface area (Å²) < 4.78 is 36.6. The standard InChI is InChI=1S/C20H22F2N2O4/c1-13(25)24(9-8-14-4-7-18(27-2)19(10-14)28-3)12-20(26)23-15-5-6-16(21)17(22)11-15/h4-7,10-11H,8-9,12H2,1-3H3,(H,23,26). The minimum absolute atomic E-state index is 0.118. The van der Waals surface area contributed by atoms with E-state index in [-0.39, 0.29) is 18.1 Å². The van der Waals surface area contributed by atoms with Crippen LogP contribution in [-0.2, 0) is 16.0 Å². The van der Waals surface area contributed by atoms with Crippen LogP contribution in [0.2, 0.25) is 0 Å². The molecule has 2 rings (SSSR count). The van der Waals surface area contributed by atoms with Gasteiger partial charge in [0.25, 0.3) is 0 Å². The number of ether oxygens (including phenoxy) is 2. The lowest BCUT2D eigenvalue weighted by Crippen LogP contribution is -2.38. The van der Waals surface area contributed by atoms with E-state index in [1.165, 1.54) is 25.0 Å². The predicted molar refractivity (Wildman–Crippen MR) is 100 cm³/mol. The van der Waals surface area contributed by atoms with Gasteiger partial charge in [0.2, 0.25) is 11.8 Å². The highest BCUT2D eigenvalue weighted by molar-refractivity contribution is 5.94. The Morgan fingerprint density at radius 2 is 1.71 bits per heavy atom. The Kier molecular flexibility index (Phi) is 7.31.